The normalized spacial score (nSPS) is 15.7. The summed E-state index contributed by atoms with van der Waals surface area (Å²) in [7, 11) is 1.93. The number of anilines is 1. The lowest BCUT2D eigenvalue weighted by Gasteiger charge is -2.35. The molecule has 1 fully saturated rings. The van der Waals surface area contributed by atoms with Gasteiger partial charge < -0.3 is 15.1 Å². The number of carbonyl (C=O) groups is 1. The SMILES string of the molecule is CNCc1cnc(N2CCN(C(C)=O)CC2)c(C)c1. The summed E-state index contributed by atoms with van der Waals surface area (Å²) in [4.78, 5) is 20.0. The summed E-state index contributed by atoms with van der Waals surface area (Å²) < 4.78 is 0. The van der Waals surface area contributed by atoms with Crippen LogP contribution in [0, 0.1) is 6.92 Å². The van der Waals surface area contributed by atoms with E-state index >= 15 is 0 Å². The van der Waals surface area contributed by atoms with Crippen molar-refractivity contribution in [2.45, 2.75) is 20.4 Å². The number of hydrogen-bond donors (Lipinski definition) is 1. The molecule has 5 heteroatoms. The first-order valence-corrected chi connectivity index (χ1v) is 6.72. The zero-order valence-corrected chi connectivity index (χ0v) is 11.9. The second-order valence-electron chi connectivity index (χ2n) is 5.01. The number of pyridine rings is 1. The van der Waals surface area contributed by atoms with Crippen molar-refractivity contribution < 1.29 is 4.79 Å². The molecule has 1 aromatic heterocycles. The van der Waals surface area contributed by atoms with E-state index in [-0.39, 0.29) is 5.91 Å². The van der Waals surface area contributed by atoms with Crippen LogP contribution in [0.2, 0.25) is 0 Å². The summed E-state index contributed by atoms with van der Waals surface area (Å²) in [5.74, 6) is 1.21. The van der Waals surface area contributed by atoms with Crippen molar-refractivity contribution in [1.82, 2.24) is 15.2 Å². The van der Waals surface area contributed by atoms with E-state index in [9.17, 15) is 4.79 Å². The van der Waals surface area contributed by atoms with Crippen LogP contribution in [0.5, 0.6) is 0 Å². The van der Waals surface area contributed by atoms with E-state index in [0.717, 1.165) is 38.5 Å². The molecule has 19 heavy (non-hydrogen) atoms. The maximum absolute atomic E-state index is 11.3. The summed E-state index contributed by atoms with van der Waals surface area (Å²) >= 11 is 0. The summed E-state index contributed by atoms with van der Waals surface area (Å²) in [5, 5.41) is 3.13. The first kappa shape index (κ1) is 13.8. The van der Waals surface area contributed by atoms with Gasteiger partial charge in [-0.25, -0.2) is 4.98 Å². The Bertz CT molecular complexity index is 453. The molecular weight excluding hydrogens is 240 g/mol. The first-order chi connectivity index (χ1) is 9.11. The molecule has 0 aliphatic carbocycles. The van der Waals surface area contributed by atoms with Crippen molar-refractivity contribution in [2.24, 2.45) is 0 Å². The molecule has 1 N–H and O–H groups in total. The number of nitrogens with zero attached hydrogens (tertiary/aromatic N) is 3. The second kappa shape index (κ2) is 6.02. The molecule has 2 heterocycles. The number of aryl methyl sites for hydroxylation is 1. The van der Waals surface area contributed by atoms with E-state index in [2.05, 4.69) is 28.2 Å². The van der Waals surface area contributed by atoms with Gasteiger partial charge in [0.05, 0.1) is 0 Å². The average Bonchev–Trinajstić information content (AvgIpc) is 2.39. The highest BCUT2D eigenvalue weighted by Crippen LogP contribution is 2.19. The lowest BCUT2D eigenvalue weighted by molar-refractivity contribution is -0.129. The topological polar surface area (TPSA) is 48.5 Å². The van der Waals surface area contributed by atoms with Gasteiger partial charge >= 0.3 is 0 Å². The van der Waals surface area contributed by atoms with E-state index in [4.69, 9.17) is 0 Å². The average molecular weight is 262 g/mol. The lowest BCUT2D eigenvalue weighted by Crippen LogP contribution is -2.48. The third-order valence-electron chi connectivity index (χ3n) is 3.51. The molecule has 1 saturated heterocycles. The molecule has 1 aliphatic heterocycles. The van der Waals surface area contributed by atoms with E-state index in [1.165, 1.54) is 11.1 Å². The number of piperazine rings is 1. The van der Waals surface area contributed by atoms with Crippen LogP contribution in [0.15, 0.2) is 12.3 Å². The lowest BCUT2D eigenvalue weighted by atomic mass is 10.2. The van der Waals surface area contributed by atoms with Crippen LogP contribution in [-0.2, 0) is 11.3 Å². The smallest absolute Gasteiger partial charge is 0.219 e. The minimum atomic E-state index is 0.161. The third kappa shape index (κ3) is 3.23. The van der Waals surface area contributed by atoms with E-state index < -0.39 is 0 Å². The Hall–Kier alpha value is -1.62. The fourth-order valence-corrected chi connectivity index (χ4v) is 2.49. The Kier molecular flexibility index (Phi) is 4.37. The maximum Gasteiger partial charge on any atom is 0.219 e. The summed E-state index contributed by atoms with van der Waals surface area (Å²) in [6.07, 6.45) is 1.93. The zero-order chi connectivity index (χ0) is 13.8. The van der Waals surface area contributed by atoms with Crippen LogP contribution in [-0.4, -0.2) is 49.0 Å². The predicted molar refractivity (Wildman–Crippen MR) is 76.2 cm³/mol. The van der Waals surface area contributed by atoms with Crippen molar-refractivity contribution in [3.05, 3.63) is 23.4 Å². The Balaban J connectivity index is 2.05. The molecule has 0 saturated carbocycles. The Morgan fingerprint density at radius 3 is 2.58 bits per heavy atom. The van der Waals surface area contributed by atoms with Gasteiger partial charge in [0, 0.05) is 45.8 Å². The number of hydrogen-bond acceptors (Lipinski definition) is 4. The number of aromatic nitrogens is 1. The van der Waals surface area contributed by atoms with Gasteiger partial charge in [-0.2, -0.15) is 0 Å². The fraction of sp³-hybridized carbons (Fsp3) is 0.571. The molecule has 0 unspecified atom stereocenters. The molecule has 0 spiro atoms. The first-order valence-electron chi connectivity index (χ1n) is 6.72. The molecular formula is C14H22N4O. The van der Waals surface area contributed by atoms with Crippen molar-refractivity contribution in [1.29, 1.82) is 0 Å². The molecule has 0 radical (unpaired) electrons. The van der Waals surface area contributed by atoms with E-state index in [1.54, 1.807) is 6.92 Å². The van der Waals surface area contributed by atoms with Crippen LogP contribution in [0.4, 0.5) is 5.82 Å². The minimum absolute atomic E-state index is 0.161. The van der Waals surface area contributed by atoms with Gasteiger partial charge in [-0.3, -0.25) is 4.79 Å². The minimum Gasteiger partial charge on any atom is -0.353 e. The van der Waals surface area contributed by atoms with Crippen LogP contribution >= 0.6 is 0 Å². The molecule has 1 aromatic rings. The zero-order valence-electron chi connectivity index (χ0n) is 11.9. The molecule has 2 rings (SSSR count). The predicted octanol–water partition coefficient (Wildman–Crippen LogP) is 0.778. The van der Waals surface area contributed by atoms with Gasteiger partial charge in [0.1, 0.15) is 5.82 Å². The van der Waals surface area contributed by atoms with Crippen molar-refractivity contribution in [3.8, 4) is 0 Å². The van der Waals surface area contributed by atoms with Crippen molar-refractivity contribution in [2.75, 3.05) is 38.1 Å². The van der Waals surface area contributed by atoms with Crippen molar-refractivity contribution in [3.63, 3.8) is 0 Å². The highest BCUT2D eigenvalue weighted by molar-refractivity contribution is 5.73. The van der Waals surface area contributed by atoms with Gasteiger partial charge in [0.25, 0.3) is 0 Å². The standard InChI is InChI=1S/C14H22N4O/c1-11-8-13(9-15-3)10-16-14(11)18-6-4-17(5-7-18)12(2)19/h8,10,15H,4-7,9H2,1-3H3. The summed E-state index contributed by atoms with van der Waals surface area (Å²) in [5.41, 5.74) is 2.40. The number of nitrogens with one attached hydrogen (secondary N) is 1. The number of rotatable bonds is 3. The highest BCUT2D eigenvalue weighted by Gasteiger charge is 2.20. The quantitative estimate of drug-likeness (QED) is 0.874. The van der Waals surface area contributed by atoms with Crippen LogP contribution in [0.1, 0.15) is 18.1 Å². The Morgan fingerprint density at radius 1 is 1.37 bits per heavy atom. The molecule has 104 valence electrons. The van der Waals surface area contributed by atoms with Gasteiger partial charge in [-0.15, -0.1) is 0 Å². The summed E-state index contributed by atoms with van der Waals surface area (Å²) in [6, 6.07) is 2.18. The van der Waals surface area contributed by atoms with Crippen molar-refractivity contribution >= 4 is 11.7 Å². The van der Waals surface area contributed by atoms with Crippen LogP contribution < -0.4 is 10.2 Å². The molecule has 1 aliphatic rings. The summed E-state index contributed by atoms with van der Waals surface area (Å²) in [6.45, 7) is 7.86. The highest BCUT2D eigenvalue weighted by atomic mass is 16.2. The molecule has 0 aromatic carbocycles. The molecule has 0 atom stereocenters. The number of amides is 1. The van der Waals surface area contributed by atoms with Crippen LogP contribution in [0.25, 0.3) is 0 Å². The molecule has 0 bridgehead atoms. The van der Waals surface area contributed by atoms with Gasteiger partial charge in [-0.1, -0.05) is 0 Å². The Morgan fingerprint density at radius 2 is 2.05 bits per heavy atom. The van der Waals surface area contributed by atoms with Crippen LogP contribution in [0.3, 0.4) is 0 Å². The second-order valence-corrected chi connectivity index (χ2v) is 5.01. The third-order valence-corrected chi connectivity index (χ3v) is 3.51. The largest absolute Gasteiger partial charge is 0.353 e. The Labute approximate surface area is 114 Å². The maximum atomic E-state index is 11.3. The van der Waals surface area contributed by atoms with E-state index in [1.807, 2.05) is 18.1 Å². The van der Waals surface area contributed by atoms with Gasteiger partial charge in [-0.05, 0) is 31.2 Å². The van der Waals surface area contributed by atoms with Gasteiger partial charge in [0.2, 0.25) is 5.91 Å². The number of carbonyl (C=O) groups excluding carboxylic acids is 1. The molecule has 5 nitrogen and oxygen atoms in total. The van der Waals surface area contributed by atoms with E-state index in [0.29, 0.717) is 0 Å². The van der Waals surface area contributed by atoms with Gasteiger partial charge in [0.15, 0.2) is 0 Å². The molecule has 1 amide bonds. The fourth-order valence-electron chi connectivity index (χ4n) is 2.49. The monoisotopic (exact) mass is 262 g/mol.